The van der Waals surface area contributed by atoms with E-state index in [9.17, 15) is 0 Å². The Bertz CT molecular complexity index is 331. The zero-order valence-corrected chi connectivity index (χ0v) is 11.5. The van der Waals surface area contributed by atoms with Gasteiger partial charge in [-0.1, -0.05) is 6.92 Å². The fraction of sp³-hybridized carbons (Fsp3) is 0.636. The van der Waals surface area contributed by atoms with Crippen molar-refractivity contribution in [1.82, 2.24) is 5.32 Å². The van der Waals surface area contributed by atoms with Crippen molar-refractivity contribution in [2.45, 2.75) is 31.9 Å². The van der Waals surface area contributed by atoms with Crippen molar-refractivity contribution in [3.8, 4) is 0 Å². The van der Waals surface area contributed by atoms with E-state index >= 15 is 0 Å². The fourth-order valence-electron chi connectivity index (χ4n) is 1.64. The van der Waals surface area contributed by atoms with Crippen LogP contribution in [0.4, 0.5) is 0 Å². The molecule has 0 saturated carbocycles. The number of morpholine rings is 1. The van der Waals surface area contributed by atoms with Gasteiger partial charge in [0.15, 0.2) is 0 Å². The van der Waals surface area contributed by atoms with Crippen molar-refractivity contribution in [1.29, 1.82) is 0 Å². The molecule has 1 aliphatic rings. The summed E-state index contributed by atoms with van der Waals surface area (Å²) in [6.07, 6.45) is 1.33. The topological polar surface area (TPSA) is 21.3 Å². The van der Waals surface area contributed by atoms with Crippen LogP contribution in [0.1, 0.15) is 31.2 Å². The highest BCUT2D eigenvalue weighted by atomic mass is 79.9. The van der Waals surface area contributed by atoms with Crippen LogP contribution in [0.3, 0.4) is 0 Å². The van der Waals surface area contributed by atoms with Crippen molar-refractivity contribution in [2.75, 3.05) is 13.2 Å². The monoisotopic (exact) mass is 289 g/mol. The van der Waals surface area contributed by atoms with E-state index in [1.165, 1.54) is 8.66 Å². The Kier molecular flexibility index (Phi) is 3.50. The highest BCUT2D eigenvalue weighted by Crippen LogP contribution is 2.32. The van der Waals surface area contributed by atoms with Gasteiger partial charge in [0.25, 0.3) is 0 Å². The molecule has 2 nitrogen and oxygen atoms in total. The van der Waals surface area contributed by atoms with Crippen LogP contribution in [0, 0.1) is 0 Å². The van der Waals surface area contributed by atoms with E-state index in [2.05, 4.69) is 47.2 Å². The average molecular weight is 290 g/mol. The molecule has 1 aromatic rings. The number of hydrogen-bond acceptors (Lipinski definition) is 3. The first-order chi connectivity index (χ1) is 7.13. The van der Waals surface area contributed by atoms with E-state index in [0.717, 1.165) is 19.6 Å². The second kappa shape index (κ2) is 4.53. The minimum absolute atomic E-state index is 0.158. The molecule has 0 spiro atoms. The second-order valence-electron chi connectivity index (χ2n) is 4.24. The quantitative estimate of drug-likeness (QED) is 0.902. The van der Waals surface area contributed by atoms with Gasteiger partial charge >= 0.3 is 0 Å². The van der Waals surface area contributed by atoms with Crippen molar-refractivity contribution in [3.63, 3.8) is 0 Å². The third kappa shape index (κ3) is 2.61. The standard InChI is InChI=1S/C11H16BrNOS/c1-3-11(2)7-14-8(6-13-11)9-4-5-10(12)15-9/h4-5,8,13H,3,6-7H2,1-2H3. The van der Waals surface area contributed by atoms with E-state index in [-0.39, 0.29) is 11.6 Å². The maximum atomic E-state index is 5.91. The van der Waals surface area contributed by atoms with Crippen LogP contribution in [0.5, 0.6) is 0 Å². The predicted molar refractivity (Wildman–Crippen MR) is 67.4 cm³/mol. The van der Waals surface area contributed by atoms with Gasteiger partial charge in [0.05, 0.1) is 10.4 Å². The van der Waals surface area contributed by atoms with E-state index in [1.54, 1.807) is 11.3 Å². The normalized spacial score (nSPS) is 31.8. The van der Waals surface area contributed by atoms with Crippen LogP contribution >= 0.6 is 27.3 Å². The Labute approximate surface area is 103 Å². The molecule has 0 radical (unpaired) electrons. The molecule has 1 fully saturated rings. The second-order valence-corrected chi connectivity index (χ2v) is 6.73. The Morgan fingerprint density at radius 3 is 2.93 bits per heavy atom. The lowest BCUT2D eigenvalue weighted by Gasteiger charge is -2.37. The summed E-state index contributed by atoms with van der Waals surface area (Å²) in [7, 11) is 0. The van der Waals surface area contributed by atoms with Gasteiger partial charge in [-0.05, 0) is 41.4 Å². The van der Waals surface area contributed by atoms with Crippen molar-refractivity contribution >= 4 is 27.3 Å². The summed E-state index contributed by atoms with van der Waals surface area (Å²) in [5, 5.41) is 3.57. The molecule has 4 heteroatoms. The Morgan fingerprint density at radius 1 is 1.67 bits per heavy atom. The molecular weight excluding hydrogens is 274 g/mol. The third-order valence-corrected chi connectivity index (χ3v) is 4.72. The molecule has 1 aliphatic heterocycles. The van der Waals surface area contributed by atoms with E-state index < -0.39 is 0 Å². The van der Waals surface area contributed by atoms with Gasteiger partial charge in [0.2, 0.25) is 0 Å². The van der Waals surface area contributed by atoms with Gasteiger partial charge in [-0.25, -0.2) is 0 Å². The minimum atomic E-state index is 0.158. The lowest BCUT2D eigenvalue weighted by atomic mass is 9.98. The van der Waals surface area contributed by atoms with Crippen LogP contribution in [0.25, 0.3) is 0 Å². The molecule has 0 bridgehead atoms. The first kappa shape index (κ1) is 11.6. The molecule has 1 aromatic heterocycles. The molecule has 0 aromatic carbocycles. The third-order valence-electron chi connectivity index (χ3n) is 3.01. The van der Waals surface area contributed by atoms with Gasteiger partial charge < -0.3 is 10.1 Å². The SMILES string of the molecule is CCC1(C)COC(c2ccc(Br)s2)CN1. The zero-order chi connectivity index (χ0) is 10.9. The Hall–Kier alpha value is 0.1000. The molecule has 2 unspecified atom stereocenters. The first-order valence-electron chi connectivity index (χ1n) is 5.25. The molecule has 15 heavy (non-hydrogen) atoms. The lowest BCUT2D eigenvalue weighted by Crippen LogP contribution is -2.52. The number of rotatable bonds is 2. The highest BCUT2D eigenvalue weighted by Gasteiger charge is 2.30. The smallest absolute Gasteiger partial charge is 0.104 e. The van der Waals surface area contributed by atoms with E-state index in [0.29, 0.717) is 0 Å². The number of ether oxygens (including phenoxy) is 1. The summed E-state index contributed by atoms with van der Waals surface area (Å²) < 4.78 is 7.08. The van der Waals surface area contributed by atoms with Crippen LogP contribution in [0.15, 0.2) is 15.9 Å². The number of hydrogen-bond donors (Lipinski definition) is 1. The van der Waals surface area contributed by atoms with Gasteiger partial charge in [0, 0.05) is 17.0 Å². The molecule has 0 aliphatic carbocycles. The van der Waals surface area contributed by atoms with Gasteiger partial charge in [-0.3, -0.25) is 0 Å². The highest BCUT2D eigenvalue weighted by molar-refractivity contribution is 9.11. The van der Waals surface area contributed by atoms with Crippen molar-refractivity contribution < 1.29 is 4.74 Å². The van der Waals surface area contributed by atoms with Crippen molar-refractivity contribution in [3.05, 3.63) is 20.8 Å². The van der Waals surface area contributed by atoms with Gasteiger partial charge in [-0.2, -0.15) is 0 Å². The summed E-state index contributed by atoms with van der Waals surface area (Å²) in [6, 6.07) is 4.21. The molecule has 0 amide bonds. The molecule has 1 N–H and O–H groups in total. The number of nitrogens with one attached hydrogen (secondary N) is 1. The number of halogens is 1. The largest absolute Gasteiger partial charge is 0.369 e. The molecule has 2 rings (SSSR count). The van der Waals surface area contributed by atoms with Gasteiger partial charge in [0.1, 0.15) is 6.10 Å². The summed E-state index contributed by atoms with van der Waals surface area (Å²) in [4.78, 5) is 1.30. The van der Waals surface area contributed by atoms with E-state index in [1.807, 2.05) is 0 Å². The van der Waals surface area contributed by atoms with Gasteiger partial charge in [-0.15, -0.1) is 11.3 Å². The zero-order valence-electron chi connectivity index (χ0n) is 9.05. The maximum absolute atomic E-state index is 5.91. The summed E-state index contributed by atoms with van der Waals surface area (Å²) in [6.45, 7) is 6.12. The van der Waals surface area contributed by atoms with Crippen molar-refractivity contribution in [2.24, 2.45) is 0 Å². The molecule has 2 atom stereocenters. The number of thiophene rings is 1. The van der Waals surface area contributed by atoms with Crippen LogP contribution in [0.2, 0.25) is 0 Å². The molecule has 2 heterocycles. The minimum Gasteiger partial charge on any atom is -0.369 e. The predicted octanol–water partition coefficient (Wildman–Crippen LogP) is 3.34. The molecular formula is C11H16BrNOS. The molecule has 84 valence electrons. The van der Waals surface area contributed by atoms with Crippen LogP contribution in [-0.2, 0) is 4.74 Å². The Balaban J connectivity index is 1.99. The molecule has 1 saturated heterocycles. The first-order valence-corrected chi connectivity index (χ1v) is 6.86. The van der Waals surface area contributed by atoms with E-state index in [4.69, 9.17) is 4.74 Å². The maximum Gasteiger partial charge on any atom is 0.104 e. The van der Waals surface area contributed by atoms with Crippen LogP contribution in [-0.4, -0.2) is 18.7 Å². The van der Waals surface area contributed by atoms with Crippen LogP contribution < -0.4 is 5.32 Å². The Morgan fingerprint density at radius 2 is 2.47 bits per heavy atom. The fourth-order valence-corrected chi connectivity index (χ4v) is 3.12. The average Bonchev–Trinajstić information content (AvgIpc) is 2.66. The summed E-state index contributed by atoms with van der Waals surface area (Å²) in [5.74, 6) is 0. The lowest BCUT2D eigenvalue weighted by molar-refractivity contribution is -0.0282. The summed E-state index contributed by atoms with van der Waals surface area (Å²) >= 11 is 5.23. The summed E-state index contributed by atoms with van der Waals surface area (Å²) in [5.41, 5.74) is 0.158.